The van der Waals surface area contributed by atoms with E-state index in [1.807, 2.05) is 22.4 Å². The minimum Gasteiger partial charge on any atom is -0.298 e. The van der Waals surface area contributed by atoms with Crippen molar-refractivity contribution >= 4 is 12.2 Å². The van der Waals surface area contributed by atoms with E-state index in [-0.39, 0.29) is 0 Å². The highest BCUT2D eigenvalue weighted by molar-refractivity contribution is 7.71. The highest BCUT2D eigenvalue weighted by Gasteiger charge is 2.06. The maximum atomic E-state index is 5.17. The van der Waals surface area contributed by atoms with Crippen LogP contribution in [0, 0.1) is 4.77 Å². The van der Waals surface area contributed by atoms with E-state index in [0.717, 1.165) is 24.5 Å². The molecule has 0 aliphatic heterocycles. The molecular weight excluding hydrogens is 210 g/mol. The minimum atomic E-state index is 0.660. The fourth-order valence-corrected chi connectivity index (χ4v) is 1.72. The van der Waals surface area contributed by atoms with Crippen molar-refractivity contribution in [3.05, 3.63) is 28.6 Å². The van der Waals surface area contributed by atoms with Gasteiger partial charge in [-0.25, -0.2) is 0 Å². The molecule has 0 atom stereocenters. The number of hydrogen-bond donors (Lipinski definition) is 1. The summed E-state index contributed by atoms with van der Waals surface area (Å²) in [5.41, 5.74) is 1.11. The molecule has 0 spiro atoms. The van der Waals surface area contributed by atoms with Crippen molar-refractivity contribution in [1.82, 2.24) is 24.5 Å². The van der Waals surface area contributed by atoms with E-state index in [4.69, 9.17) is 12.2 Å². The summed E-state index contributed by atoms with van der Waals surface area (Å²) in [6.07, 6.45) is 2.65. The third-order valence-corrected chi connectivity index (χ3v) is 2.71. The molecule has 5 nitrogen and oxygen atoms in total. The van der Waals surface area contributed by atoms with Gasteiger partial charge in [-0.05, 0) is 18.3 Å². The zero-order chi connectivity index (χ0) is 10.8. The Morgan fingerprint density at radius 3 is 2.93 bits per heavy atom. The predicted molar refractivity (Wildman–Crippen MR) is 59.1 cm³/mol. The van der Waals surface area contributed by atoms with Gasteiger partial charge in [0.05, 0.1) is 12.2 Å². The van der Waals surface area contributed by atoms with Gasteiger partial charge in [0.25, 0.3) is 0 Å². The Morgan fingerprint density at radius 2 is 2.33 bits per heavy atom. The van der Waals surface area contributed by atoms with Crippen molar-refractivity contribution < 1.29 is 0 Å². The van der Waals surface area contributed by atoms with Crippen molar-refractivity contribution in [3.8, 4) is 0 Å². The second kappa shape index (κ2) is 3.98. The molecule has 0 aliphatic rings. The van der Waals surface area contributed by atoms with Gasteiger partial charge in [0.1, 0.15) is 5.82 Å². The van der Waals surface area contributed by atoms with Gasteiger partial charge in [-0.1, -0.05) is 6.92 Å². The summed E-state index contributed by atoms with van der Waals surface area (Å²) in [5.74, 6) is 0.973. The SMILES string of the molecule is CCc1n[nH]c(=S)n1Cc1ccnn1C. The molecule has 80 valence electrons. The largest absolute Gasteiger partial charge is 0.298 e. The van der Waals surface area contributed by atoms with E-state index in [2.05, 4.69) is 22.2 Å². The maximum Gasteiger partial charge on any atom is 0.195 e. The summed E-state index contributed by atoms with van der Waals surface area (Å²) >= 11 is 5.17. The van der Waals surface area contributed by atoms with Crippen LogP contribution < -0.4 is 0 Å². The number of aromatic nitrogens is 5. The van der Waals surface area contributed by atoms with Crippen LogP contribution in [0.5, 0.6) is 0 Å². The smallest absolute Gasteiger partial charge is 0.195 e. The first kappa shape index (κ1) is 10.1. The summed E-state index contributed by atoms with van der Waals surface area (Å²) < 4.78 is 4.49. The summed E-state index contributed by atoms with van der Waals surface area (Å²) in [4.78, 5) is 0. The Labute approximate surface area is 92.7 Å². The van der Waals surface area contributed by atoms with Gasteiger partial charge in [-0.15, -0.1) is 0 Å². The van der Waals surface area contributed by atoms with Crippen LogP contribution in [0.2, 0.25) is 0 Å². The van der Waals surface area contributed by atoms with Gasteiger partial charge < -0.3 is 0 Å². The zero-order valence-electron chi connectivity index (χ0n) is 8.77. The summed E-state index contributed by atoms with van der Waals surface area (Å²) in [6, 6.07) is 1.98. The average Bonchev–Trinajstić information content (AvgIpc) is 2.77. The molecule has 0 saturated carbocycles. The zero-order valence-corrected chi connectivity index (χ0v) is 9.58. The Morgan fingerprint density at radius 1 is 1.53 bits per heavy atom. The molecule has 1 N–H and O–H groups in total. The molecule has 0 saturated heterocycles. The molecule has 2 aromatic heterocycles. The molecule has 2 aromatic rings. The van der Waals surface area contributed by atoms with Crippen molar-refractivity contribution in [2.75, 3.05) is 0 Å². The van der Waals surface area contributed by atoms with Crippen LogP contribution in [-0.4, -0.2) is 24.5 Å². The van der Waals surface area contributed by atoms with Crippen LogP contribution in [0.1, 0.15) is 18.4 Å². The van der Waals surface area contributed by atoms with Crippen LogP contribution in [0.25, 0.3) is 0 Å². The van der Waals surface area contributed by atoms with E-state index in [0.29, 0.717) is 4.77 Å². The van der Waals surface area contributed by atoms with Gasteiger partial charge in [0.2, 0.25) is 0 Å². The monoisotopic (exact) mass is 223 g/mol. The first-order valence-corrected chi connectivity index (χ1v) is 5.24. The van der Waals surface area contributed by atoms with Crippen molar-refractivity contribution in [2.45, 2.75) is 19.9 Å². The first-order valence-electron chi connectivity index (χ1n) is 4.83. The average molecular weight is 223 g/mol. The van der Waals surface area contributed by atoms with Gasteiger partial charge in [0.15, 0.2) is 4.77 Å². The second-order valence-electron chi connectivity index (χ2n) is 3.33. The molecule has 2 heterocycles. The number of aromatic amines is 1. The number of hydrogen-bond acceptors (Lipinski definition) is 3. The molecule has 2 rings (SSSR count). The second-order valence-corrected chi connectivity index (χ2v) is 3.72. The molecule has 0 unspecified atom stereocenters. The van der Waals surface area contributed by atoms with Crippen LogP contribution in [0.3, 0.4) is 0 Å². The topological polar surface area (TPSA) is 51.4 Å². The number of nitrogens with zero attached hydrogens (tertiary/aromatic N) is 4. The highest BCUT2D eigenvalue weighted by Crippen LogP contribution is 2.05. The first-order chi connectivity index (χ1) is 7.22. The Balaban J connectivity index is 2.35. The number of aryl methyl sites for hydroxylation is 2. The summed E-state index contributed by atoms with van der Waals surface area (Å²) in [5, 5.41) is 11.1. The molecule has 0 aliphatic carbocycles. The van der Waals surface area contributed by atoms with Gasteiger partial charge in [0, 0.05) is 19.7 Å². The molecule has 15 heavy (non-hydrogen) atoms. The fourth-order valence-electron chi connectivity index (χ4n) is 1.50. The minimum absolute atomic E-state index is 0.660. The van der Waals surface area contributed by atoms with Crippen molar-refractivity contribution in [2.24, 2.45) is 7.05 Å². The lowest BCUT2D eigenvalue weighted by molar-refractivity contribution is 0.642. The molecule has 0 fully saturated rings. The normalized spacial score (nSPS) is 10.8. The van der Waals surface area contributed by atoms with Crippen LogP contribution in [0.4, 0.5) is 0 Å². The van der Waals surface area contributed by atoms with E-state index < -0.39 is 0 Å². The molecular formula is C9H13N5S. The third-order valence-electron chi connectivity index (χ3n) is 2.40. The Kier molecular flexibility index (Phi) is 2.68. The van der Waals surface area contributed by atoms with E-state index >= 15 is 0 Å². The lowest BCUT2D eigenvalue weighted by Crippen LogP contribution is -2.08. The van der Waals surface area contributed by atoms with E-state index in [1.165, 1.54) is 0 Å². The number of H-pyrrole nitrogens is 1. The van der Waals surface area contributed by atoms with Gasteiger partial charge >= 0.3 is 0 Å². The summed E-state index contributed by atoms with van der Waals surface area (Å²) in [7, 11) is 1.92. The third kappa shape index (κ3) is 1.85. The standard InChI is InChI=1S/C9H13N5S/c1-3-8-11-12-9(15)14(8)6-7-4-5-10-13(7)2/h4-5H,3,6H2,1-2H3,(H,12,15). The van der Waals surface area contributed by atoms with E-state index in [1.54, 1.807) is 6.20 Å². The number of rotatable bonds is 3. The molecule has 0 bridgehead atoms. The Bertz CT molecular complexity index is 507. The molecule has 0 amide bonds. The fraction of sp³-hybridized carbons (Fsp3) is 0.444. The van der Waals surface area contributed by atoms with Gasteiger partial charge in [-0.3, -0.25) is 14.3 Å². The number of nitrogens with one attached hydrogen (secondary N) is 1. The highest BCUT2D eigenvalue weighted by atomic mass is 32.1. The lowest BCUT2D eigenvalue weighted by atomic mass is 10.4. The van der Waals surface area contributed by atoms with Crippen LogP contribution in [0.15, 0.2) is 12.3 Å². The van der Waals surface area contributed by atoms with Crippen molar-refractivity contribution in [1.29, 1.82) is 0 Å². The quantitative estimate of drug-likeness (QED) is 0.798. The molecule has 0 radical (unpaired) electrons. The maximum absolute atomic E-state index is 5.17. The summed E-state index contributed by atoms with van der Waals surface area (Å²) in [6.45, 7) is 2.78. The Hall–Kier alpha value is -1.43. The molecule has 0 aromatic carbocycles. The van der Waals surface area contributed by atoms with Gasteiger partial charge in [-0.2, -0.15) is 10.2 Å². The van der Waals surface area contributed by atoms with Crippen LogP contribution >= 0.6 is 12.2 Å². The molecule has 6 heteroatoms. The lowest BCUT2D eigenvalue weighted by Gasteiger charge is -2.05. The van der Waals surface area contributed by atoms with Crippen LogP contribution in [-0.2, 0) is 20.0 Å². The van der Waals surface area contributed by atoms with Crippen molar-refractivity contribution in [3.63, 3.8) is 0 Å². The predicted octanol–water partition coefficient (Wildman–Crippen LogP) is 1.28. The van der Waals surface area contributed by atoms with E-state index in [9.17, 15) is 0 Å².